The highest BCUT2D eigenvalue weighted by atomic mass is 16.3. The molecular weight excluding hydrogens is 106 g/mol. The normalized spacial score (nSPS) is 47.6. The van der Waals surface area contributed by atoms with E-state index in [9.17, 15) is 0 Å². The Morgan fingerprint density at radius 2 is 1.88 bits per heavy atom. The standard InChI is InChI=1S/C5H11NO2/c6-3-1-2-4(7)5(3)8/h3-5,7-8H,1-2,6H2/t3-,4+,5+/m1/s1. The smallest absolute Gasteiger partial charge is 0.0949 e. The van der Waals surface area contributed by atoms with E-state index in [1.165, 1.54) is 0 Å². The molecule has 0 saturated heterocycles. The van der Waals surface area contributed by atoms with Gasteiger partial charge in [-0.2, -0.15) is 0 Å². The molecule has 0 heterocycles. The van der Waals surface area contributed by atoms with E-state index in [-0.39, 0.29) is 6.04 Å². The summed E-state index contributed by atoms with van der Waals surface area (Å²) in [5.41, 5.74) is 5.36. The highest BCUT2D eigenvalue weighted by Crippen LogP contribution is 2.17. The lowest BCUT2D eigenvalue weighted by molar-refractivity contribution is 0.0364. The predicted molar refractivity (Wildman–Crippen MR) is 29.2 cm³/mol. The van der Waals surface area contributed by atoms with Gasteiger partial charge in [-0.25, -0.2) is 0 Å². The summed E-state index contributed by atoms with van der Waals surface area (Å²) in [7, 11) is 0. The quantitative estimate of drug-likeness (QED) is 0.374. The first kappa shape index (κ1) is 6.01. The van der Waals surface area contributed by atoms with E-state index in [1.807, 2.05) is 0 Å². The summed E-state index contributed by atoms with van der Waals surface area (Å²) in [4.78, 5) is 0. The Kier molecular flexibility index (Phi) is 1.51. The lowest BCUT2D eigenvalue weighted by Gasteiger charge is -2.09. The van der Waals surface area contributed by atoms with Gasteiger partial charge in [-0.05, 0) is 12.8 Å². The van der Waals surface area contributed by atoms with Crippen molar-refractivity contribution in [2.75, 3.05) is 0 Å². The van der Waals surface area contributed by atoms with Gasteiger partial charge in [-0.1, -0.05) is 0 Å². The van der Waals surface area contributed by atoms with Gasteiger partial charge in [0.05, 0.1) is 12.2 Å². The lowest BCUT2D eigenvalue weighted by atomic mass is 10.2. The van der Waals surface area contributed by atoms with Crippen LogP contribution in [0, 0.1) is 0 Å². The summed E-state index contributed by atoms with van der Waals surface area (Å²) in [5, 5.41) is 17.7. The summed E-state index contributed by atoms with van der Waals surface area (Å²) in [5.74, 6) is 0. The largest absolute Gasteiger partial charge is 0.390 e. The third-order valence-corrected chi connectivity index (χ3v) is 1.63. The molecular formula is C5H11NO2. The molecule has 0 unspecified atom stereocenters. The van der Waals surface area contributed by atoms with E-state index < -0.39 is 12.2 Å². The molecule has 0 aromatic rings. The van der Waals surface area contributed by atoms with Crippen molar-refractivity contribution in [2.24, 2.45) is 5.73 Å². The molecule has 1 aliphatic carbocycles. The van der Waals surface area contributed by atoms with Gasteiger partial charge in [-0.15, -0.1) is 0 Å². The van der Waals surface area contributed by atoms with Gasteiger partial charge in [-0.3, -0.25) is 0 Å². The summed E-state index contributed by atoms with van der Waals surface area (Å²) in [6, 6.07) is -0.204. The second-order valence-corrected chi connectivity index (χ2v) is 2.30. The molecule has 3 nitrogen and oxygen atoms in total. The number of aliphatic hydroxyl groups is 2. The van der Waals surface area contributed by atoms with Crippen LogP contribution in [0.3, 0.4) is 0 Å². The van der Waals surface area contributed by atoms with Crippen LogP contribution in [-0.4, -0.2) is 28.5 Å². The minimum atomic E-state index is -0.685. The maximum atomic E-state index is 8.89. The van der Waals surface area contributed by atoms with Gasteiger partial charge >= 0.3 is 0 Å². The van der Waals surface area contributed by atoms with Gasteiger partial charge < -0.3 is 15.9 Å². The Hall–Kier alpha value is -0.120. The molecule has 1 saturated carbocycles. The third-order valence-electron chi connectivity index (χ3n) is 1.63. The molecule has 3 heteroatoms. The minimum absolute atomic E-state index is 0.204. The van der Waals surface area contributed by atoms with E-state index >= 15 is 0 Å². The van der Waals surface area contributed by atoms with Crippen molar-refractivity contribution in [1.82, 2.24) is 0 Å². The van der Waals surface area contributed by atoms with Crippen LogP contribution in [0.2, 0.25) is 0 Å². The molecule has 0 aliphatic heterocycles. The van der Waals surface area contributed by atoms with Crippen molar-refractivity contribution in [1.29, 1.82) is 0 Å². The first-order valence-corrected chi connectivity index (χ1v) is 2.83. The summed E-state index contributed by atoms with van der Waals surface area (Å²) >= 11 is 0. The van der Waals surface area contributed by atoms with Gasteiger partial charge in [0.25, 0.3) is 0 Å². The van der Waals surface area contributed by atoms with Crippen molar-refractivity contribution in [2.45, 2.75) is 31.1 Å². The fourth-order valence-electron chi connectivity index (χ4n) is 0.990. The molecule has 1 rings (SSSR count). The zero-order valence-electron chi connectivity index (χ0n) is 4.62. The van der Waals surface area contributed by atoms with Crippen LogP contribution in [0.5, 0.6) is 0 Å². The van der Waals surface area contributed by atoms with Gasteiger partial charge in [0, 0.05) is 6.04 Å². The minimum Gasteiger partial charge on any atom is -0.390 e. The molecule has 0 radical (unpaired) electrons. The Balaban J connectivity index is 2.44. The van der Waals surface area contributed by atoms with E-state index in [2.05, 4.69) is 0 Å². The van der Waals surface area contributed by atoms with Crippen LogP contribution < -0.4 is 5.73 Å². The van der Waals surface area contributed by atoms with E-state index in [4.69, 9.17) is 15.9 Å². The first-order chi connectivity index (χ1) is 3.72. The Labute approximate surface area is 48.1 Å². The monoisotopic (exact) mass is 117 g/mol. The second kappa shape index (κ2) is 2.01. The fourth-order valence-corrected chi connectivity index (χ4v) is 0.990. The predicted octanol–water partition coefficient (Wildman–Crippen LogP) is -1.17. The van der Waals surface area contributed by atoms with E-state index in [0.717, 1.165) is 6.42 Å². The van der Waals surface area contributed by atoms with Gasteiger partial charge in [0.1, 0.15) is 0 Å². The van der Waals surface area contributed by atoms with Crippen LogP contribution in [0.25, 0.3) is 0 Å². The van der Waals surface area contributed by atoms with Crippen LogP contribution in [0.4, 0.5) is 0 Å². The van der Waals surface area contributed by atoms with Crippen LogP contribution in [0.1, 0.15) is 12.8 Å². The van der Waals surface area contributed by atoms with Crippen molar-refractivity contribution < 1.29 is 10.2 Å². The third kappa shape index (κ3) is 0.844. The Bertz CT molecular complexity index is 76.5. The average molecular weight is 117 g/mol. The molecule has 1 aliphatic rings. The summed E-state index contributed by atoms with van der Waals surface area (Å²) in [6.07, 6.45) is 0.116. The lowest BCUT2D eigenvalue weighted by Crippen LogP contribution is -2.34. The second-order valence-electron chi connectivity index (χ2n) is 2.30. The number of rotatable bonds is 0. The van der Waals surface area contributed by atoms with Crippen molar-refractivity contribution in [3.05, 3.63) is 0 Å². The molecule has 8 heavy (non-hydrogen) atoms. The zero-order valence-corrected chi connectivity index (χ0v) is 4.62. The van der Waals surface area contributed by atoms with Crippen molar-refractivity contribution in [3.63, 3.8) is 0 Å². The fraction of sp³-hybridized carbons (Fsp3) is 1.00. The molecule has 3 atom stereocenters. The van der Waals surface area contributed by atoms with Crippen molar-refractivity contribution >= 4 is 0 Å². The van der Waals surface area contributed by atoms with Crippen LogP contribution in [-0.2, 0) is 0 Å². The van der Waals surface area contributed by atoms with Crippen LogP contribution >= 0.6 is 0 Å². The number of hydrogen-bond donors (Lipinski definition) is 3. The van der Waals surface area contributed by atoms with Crippen molar-refractivity contribution in [3.8, 4) is 0 Å². The molecule has 0 spiro atoms. The average Bonchev–Trinajstić information content (AvgIpc) is 1.98. The highest BCUT2D eigenvalue weighted by Gasteiger charge is 2.29. The molecule has 0 bridgehead atoms. The highest BCUT2D eigenvalue weighted by molar-refractivity contribution is 4.86. The molecule has 1 fully saturated rings. The number of aliphatic hydroxyl groups excluding tert-OH is 2. The Morgan fingerprint density at radius 1 is 1.25 bits per heavy atom. The molecule has 4 N–H and O–H groups in total. The molecule has 48 valence electrons. The maximum Gasteiger partial charge on any atom is 0.0949 e. The Morgan fingerprint density at radius 3 is 2.00 bits per heavy atom. The number of nitrogens with two attached hydrogens (primary N) is 1. The SMILES string of the molecule is N[C@@H]1CC[C@H](O)[C@H]1O. The van der Waals surface area contributed by atoms with Crippen LogP contribution in [0.15, 0.2) is 0 Å². The van der Waals surface area contributed by atoms with Gasteiger partial charge in [0.2, 0.25) is 0 Å². The topological polar surface area (TPSA) is 66.5 Å². The maximum absolute atomic E-state index is 8.89. The van der Waals surface area contributed by atoms with E-state index in [0.29, 0.717) is 6.42 Å². The zero-order chi connectivity index (χ0) is 6.15. The molecule has 0 amide bonds. The number of hydrogen-bond acceptors (Lipinski definition) is 3. The van der Waals surface area contributed by atoms with Gasteiger partial charge in [0.15, 0.2) is 0 Å². The molecule has 0 aromatic carbocycles. The molecule has 0 aromatic heterocycles. The first-order valence-electron chi connectivity index (χ1n) is 2.83. The van der Waals surface area contributed by atoms with E-state index in [1.54, 1.807) is 0 Å². The summed E-state index contributed by atoms with van der Waals surface area (Å²) in [6.45, 7) is 0. The summed E-state index contributed by atoms with van der Waals surface area (Å²) < 4.78 is 0.